The van der Waals surface area contributed by atoms with Gasteiger partial charge >= 0.3 is 11.8 Å². The van der Waals surface area contributed by atoms with Gasteiger partial charge in [0, 0.05) is 31.4 Å². The van der Waals surface area contributed by atoms with Gasteiger partial charge in [-0.3, -0.25) is 14.4 Å². The predicted molar refractivity (Wildman–Crippen MR) is 98.3 cm³/mol. The average Bonchev–Trinajstić information content (AvgIpc) is 2.61. The van der Waals surface area contributed by atoms with E-state index < -0.39 is 11.8 Å². The molecule has 7 nitrogen and oxygen atoms in total. The summed E-state index contributed by atoms with van der Waals surface area (Å²) in [5, 5.41) is 14.3. The van der Waals surface area contributed by atoms with Gasteiger partial charge in [0.2, 0.25) is 5.91 Å². The van der Waals surface area contributed by atoms with Crippen LogP contribution in [-0.4, -0.2) is 40.9 Å². The number of aliphatic hydroxyl groups excluding tert-OH is 1. The van der Waals surface area contributed by atoms with Crippen LogP contribution in [0.5, 0.6) is 0 Å². The fourth-order valence-corrected chi connectivity index (χ4v) is 2.38. The summed E-state index contributed by atoms with van der Waals surface area (Å²) in [4.78, 5) is 37.1. The second kappa shape index (κ2) is 9.33. The summed E-state index contributed by atoms with van der Waals surface area (Å²) < 4.78 is 0. The number of anilines is 2. The lowest BCUT2D eigenvalue weighted by Crippen LogP contribution is -2.40. The van der Waals surface area contributed by atoms with Crippen molar-refractivity contribution in [1.29, 1.82) is 0 Å². The molecule has 2 rings (SSSR count). The number of amides is 3. The number of nitrogens with one attached hydrogen (secondary N) is 2. The van der Waals surface area contributed by atoms with E-state index in [9.17, 15) is 19.5 Å². The van der Waals surface area contributed by atoms with Crippen molar-refractivity contribution in [2.75, 3.05) is 23.8 Å². The summed E-state index contributed by atoms with van der Waals surface area (Å²) in [6.45, 7) is 1.40. The van der Waals surface area contributed by atoms with Crippen LogP contribution in [0.3, 0.4) is 0 Å². The predicted octanol–water partition coefficient (Wildman–Crippen LogP) is 1.60. The molecular formula is C19H21N3O4. The molecule has 0 unspecified atom stereocenters. The van der Waals surface area contributed by atoms with Gasteiger partial charge in [-0.1, -0.05) is 36.4 Å². The van der Waals surface area contributed by atoms with Crippen LogP contribution in [-0.2, 0) is 20.9 Å². The lowest BCUT2D eigenvalue weighted by Gasteiger charge is -2.21. The zero-order valence-corrected chi connectivity index (χ0v) is 14.4. The van der Waals surface area contributed by atoms with Crippen LogP contribution in [0.15, 0.2) is 54.6 Å². The second-order valence-corrected chi connectivity index (χ2v) is 5.65. The monoisotopic (exact) mass is 355 g/mol. The van der Waals surface area contributed by atoms with Gasteiger partial charge in [-0.15, -0.1) is 0 Å². The van der Waals surface area contributed by atoms with Crippen molar-refractivity contribution in [2.45, 2.75) is 13.5 Å². The Labute approximate surface area is 151 Å². The zero-order valence-electron chi connectivity index (χ0n) is 14.4. The van der Waals surface area contributed by atoms with Crippen LogP contribution >= 0.6 is 0 Å². The van der Waals surface area contributed by atoms with Crippen molar-refractivity contribution in [3.05, 3.63) is 60.2 Å². The van der Waals surface area contributed by atoms with Gasteiger partial charge in [0.1, 0.15) is 0 Å². The summed E-state index contributed by atoms with van der Waals surface area (Å²) in [5.41, 5.74) is 1.76. The van der Waals surface area contributed by atoms with E-state index in [4.69, 9.17) is 0 Å². The molecular weight excluding hydrogens is 334 g/mol. The smallest absolute Gasteiger partial charge is 0.313 e. The topological polar surface area (TPSA) is 98.7 Å². The second-order valence-electron chi connectivity index (χ2n) is 5.65. The fourth-order valence-electron chi connectivity index (χ4n) is 2.38. The molecule has 0 aliphatic carbocycles. The molecule has 0 bridgehead atoms. The third-order valence-corrected chi connectivity index (χ3v) is 3.51. The highest BCUT2D eigenvalue weighted by molar-refractivity contribution is 6.39. The van der Waals surface area contributed by atoms with Crippen LogP contribution in [0.25, 0.3) is 0 Å². The van der Waals surface area contributed by atoms with Crippen molar-refractivity contribution in [1.82, 2.24) is 4.90 Å². The highest BCUT2D eigenvalue weighted by Gasteiger charge is 2.22. The van der Waals surface area contributed by atoms with E-state index >= 15 is 0 Å². The fraction of sp³-hybridized carbons (Fsp3) is 0.211. The Hall–Kier alpha value is -3.19. The number of aliphatic hydroxyl groups is 1. The molecule has 3 amide bonds. The van der Waals surface area contributed by atoms with E-state index in [1.165, 1.54) is 11.8 Å². The Kier molecular flexibility index (Phi) is 6.87. The standard InChI is InChI=1S/C19H21N3O4/c1-14(24)20-16-8-5-9-17(12-16)21-18(25)19(26)22(10-11-23)13-15-6-3-2-4-7-15/h2-9,12,23H,10-11,13H2,1H3,(H,20,24)(H,21,25). The van der Waals surface area contributed by atoms with Crippen LogP contribution in [0.2, 0.25) is 0 Å². The Bertz CT molecular complexity index is 777. The first-order chi connectivity index (χ1) is 12.5. The molecule has 2 aromatic rings. The van der Waals surface area contributed by atoms with Crippen LogP contribution in [0.1, 0.15) is 12.5 Å². The number of nitrogens with zero attached hydrogens (tertiary/aromatic N) is 1. The summed E-state index contributed by atoms with van der Waals surface area (Å²) in [6.07, 6.45) is 0. The van der Waals surface area contributed by atoms with E-state index in [1.54, 1.807) is 24.3 Å². The Morgan fingerprint density at radius 1 is 0.962 bits per heavy atom. The maximum absolute atomic E-state index is 12.4. The van der Waals surface area contributed by atoms with Gasteiger partial charge in [-0.2, -0.15) is 0 Å². The Morgan fingerprint density at radius 2 is 1.62 bits per heavy atom. The highest BCUT2D eigenvalue weighted by atomic mass is 16.3. The van der Waals surface area contributed by atoms with Gasteiger partial charge in [0.25, 0.3) is 0 Å². The van der Waals surface area contributed by atoms with E-state index in [1.807, 2.05) is 30.3 Å². The molecule has 0 spiro atoms. The Morgan fingerprint density at radius 3 is 2.23 bits per heavy atom. The molecule has 0 aromatic heterocycles. The lowest BCUT2D eigenvalue weighted by atomic mass is 10.2. The van der Waals surface area contributed by atoms with Crippen LogP contribution in [0, 0.1) is 0 Å². The third-order valence-electron chi connectivity index (χ3n) is 3.51. The Balaban J connectivity index is 2.06. The molecule has 0 radical (unpaired) electrons. The van der Waals surface area contributed by atoms with Gasteiger partial charge in [-0.05, 0) is 23.8 Å². The van der Waals surface area contributed by atoms with Crippen molar-refractivity contribution in [2.24, 2.45) is 0 Å². The minimum absolute atomic E-state index is 0.0487. The number of carbonyl (C=O) groups is 3. The lowest BCUT2D eigenvalue weighted by molar-refractivity contribution is -0.143. The third kappa shape index (κ3) is 5.71. The molecule has 26 heavy (non-hydrogen) atoms. The first-order valence-corrected chi connectivity index (χ1v) is 8.12. The SMILES string of the molecule is CC(=O)Nc1cccc(NC(=O)C(=O)N(CCO)Cc2ccccc2)c1. The van der Waals surface area contributed by atoms with Crippen molar-refractivity contribution in [3.8, 4) is 0 Å². The van der Waals surface area contributed by atoms with E-state index in [-0.39, 0.29) is 25.6 Å². The number of hydrogen-bond donors (Lipinski definition) is 3. The maximum atomic E-state index is 12.4. The van der Waals surface area contributed by atoms with Crippen LogP contribution in [0.4, 0.5) is 11.4 Å². The minimum Gasteiger partial charge on any atom is -0.395 e. The van der Waals surface area contributed by atoms with E-state index in [2.05, 4.69) is 10.6 Å². The van der Waals surface area contributed by atoms with Gasteiger partial charge in [0.05, 0.1) is 6.61 Å². The molecule has 0 aliphatic heterocycles. The first-order valence-electron chi connectivity index (χ1n) is 8.12. The highest BCUT2D eigenvalue weighted by Crippen LogP contribution is 2.15. The molecule has 0 heterocycles. The van der Waals surface area contributed by atoms with Crippen molar-refractivity contribution in [3.63, 3.8) is 0 Å². The van der Waals surface area contributed by atoms with E-state index in [0.29, 0.717) is 11.4 Å². The minimum atomic E-state index is -0.811. The summed E-state index contributed by atoms with van der Waals surface area (Å²) in [7, 11) is 0. The quantitative estimate of drug-likeness (QED) is 0.686. The number of benzene rings is 2. The normalized spacial score (nSPS) is 10.1. The summed E-state index contributed by atoms with van der Waals surface area (Å²) in [6, 6.07) is 15.7. The molecule has 0 fully saturated rings. The van der Waals surface area contributed by atoms with E-state index in [0.717, 1.165) is 5.56 Å². The van der Waals surface area contributed by atoms with Gasteiger partial charge in [0.15, 0.2) is 0 Å². The van der Waals surface area contributed by atoms with Crippen molar-refractivity contribution >= 4 is 29.1 Å². The molecule has 0 aliphatic rings. The number of hydrogen-bond acceptors (Lipinski definition) is 4. The van der Waals surface area contributed by atoms with Gasteiger partial charge in [-0.25, -0.2) is 0 Å². The number of rotatable bonds is 6. The van der Waals surface area contributed by atoms with Gasteiger partial charge < -0.3 is 20.6 Å². The maximum Gasteiger partial charge on any atom is 0.313 e. The van der Waals surface area contributed by atoms with Crippen LogP contribution < -0.4 is 10.6 Å². The average molecular weight is 355 g/mol. The molecule has 136 valence electrons. The molecule has 0 saturated heterocycles. The molecule has 3 N–H and O–H groups in total. The molecule has 7 heteroatoms. The molecule has 2 aromatic carbocycles. The molecule has 0 saturated carbocycles. The summed E-state index contributed by atoms with van der Waals surface area (Å²) in [5.74, 6) is -1.79. The summed E-state index contributed by atoms with van der Waals surface area (Å²) >= 11 is 0. The number of carbonyl (C=O) groups excluding carboxylic acids is 3. The zero-order chi connectivity index (χ0) is 18.9. The largest absolute Gasteiger partial charge is 0.395 e. The van der Waals surface area contributed by atoms with Crippen molar-refractivity contribution < 1.29 is 19.5 Å². The molecule has 0 atom stereocenters. The first kappa shape index (κ1) is 19.1.